The molecule has 4 nitrogen and oxygen atoms in total. The lowest BCUT2D eigenvalue weighted by molar-refractivity contribution is -0.140. The number of halogens is 3. The molecular weight excluding hydrogens is 224 g/mol. The Morgan fingerprint density at radius 2 is 2.19 bits per heavy atom. The van der Waals surface area contributed by atoms with Gasteiger partial charge in [0, 0.05) is 18.5 Å². The lowest BCUT2D eigenvalue weighted by Crippen LogP contribution is -2.04. The Morgan fingerprint density at radius 3 is 2.81 bits per heavy atom. The van der Waals surface area contributed by atoms with Gasteiger partial charge >= 0.3 is 13.9 Å². The van der Waals surface area contributed by atoms with Gasteiger partial charge in [-0.05, 0) is 6.07 Å². The van der Waals surface area contributed by atoms with Gasteiger partial charge in [0.2, 0.25) is 0 Å². The smallest absolute Gasteiger partial charge is 0.537 e. The monoisotopic (exact) mass is 229 g/mol. The third kappa shape index (κ3) is 1.96. The van der Waals surface area contributed by atoms with Crippen molar-refractivity contribution in [2.45, 2.75) is 6.18 Å². The maximum Gasteiger partial charge on any atom is 0.569 e. The number of aromatic nitrogens is 2. The van der Waals surface area contributed by atoms with E-state index in [9.17, 15) is 13.2 Å². The van der Waals surface area contributed by atoms with Gasteiger partial charge in [-0.25, -0.2) is 4.98 Å². The molecule has 0 saturated heterocycles. The predicted octanol–water partition coefficient (Wildman–Crippen LogP) is 1.26. The summed E-state index contributed by atoms with van der Waals surface area (Å²) in [5, 5.41) is 8.37. The topological polar surface area (TPSA) is 46.8 Å². The summed E-state index contributed by atoms with van der Waals surface area (Å²) >= 11 is 0. The maximum atomic E-state index is 12.3. The van der Waals surface area contributed by atoms with Crippen molar-refractivity contribution in [3.8, 4) is 5.75 Å². The molecule has 0 aliphatic rings. The molecule has 8 heteroatoms. The summed E-state index contributed by atoms with van der Waals surface area (Å²) < 4.78 is 42.8. The van der Waals surface area contributed by atoms with E-state index in [2.05, 4.69) is 9.64 Å². The molecule has 0 unspecified atom stereocenters. The number of imidazole rings is 1. The SMILES string of the molecule is O[B]Oc1ccn2cc(C(F)(F)F)nc2c1. The molecule has 1 N–H and O–H groups in total. The number of pyridine rings is 1. The second kappa shape index (κ2) is 3.71. The van der Waals surface area contributed by atoms with Gasteiger partial charge in [-0.3, -0.25) is 0 Å². The molecule has 0 atom stereocenters. The van der Waals surface area contributed by atoms with E-state index >= 15 is 0 Å². The highest BCUT2D eigenvalue weighted by atomic mass is 19.4. The number of hydrogen-bond donors (Lipinski definition) is 1. The largest absolute Gasteiger partial charge is 0.569 e. The van der Waals surface area contributed by atoms with E-state index in [1.165, 1.54) is 22.7 Å². The lowest BCUT2D eigenvalue weighted by atomic mass is 10.3. The van der Waals surface area contributed by atoms with Crippen molar-refractivity contribution in [1.82, 2.24) is 9.38 Å². The first-order valence-electron chi connectivity index (χ1n) is 4.19. The molecular formula is C8H5BF3N2O2. The van der Waals surface area contributed by atoms with Crippen LogP contribution in [0.4, 0.5) is 13.2 Å². The van der Waals surface area contributed by atoms with Gasteiger partial charge in [-0.1, -0.05) is 0 Å². The Balaban J connectivity index is 2.46. The zero-order chi connectivity index (χ0) is 11.8. The molecule has 0 amide bonds. The molecule has 2 rings (SSSR count). The van der Waals surface area contributed by atoms with Crippen molar-refractivity contribution >= 4 is 13.3 Å². The summed E-state index contributed by atoms with van der Waals surface area (Å²) in [6.07, 6.45) is -2.24. The summed E-state index contributed by atoms with van der Waals surface area (Å²) in [5.41, 5.74) is -0.885. The molecule has 2 aromatic heterocycles. The zero-order valence-corrected chi connectivity index (χ0v) is 7.77. The number of alkyl halides is 3. The van der Waals surface area contributed by atoms with Crippen LogP contribution in [0.5, 0.6) is 5.75 Å². The van der Waals surface area contributed by atoms with Gasteiger partial charge in [0.05, 0.1) is 0 Å². The van der Waals surface area contributed by atoms with Crippen molar-refractivity contribution < 1.29 is 22.8 Å². The quantitative estimate of drug-likeness (QED) is 0.788. The van der Waals surface area contributed by atoms with E-state index in [0.717, 1.165) is 6.20 Å². The lowest BCUT2D eigenvalue weighted by Gasteiger charge is -2.00. The van der Waals surface area contributed by atoms with E-state index in [-0.39, 0.29) is 11.4 Å². The van der Waals surface area contributed by atoms with Crippen molar-refractivity contribution in [3.63, 3.8) is 0 Å². The number of nitrogens with zero attached hydrogens (tertiary/aromatic N) is 2. The number of fused-ring (bicyclic) bond motifs is 1. The van der Waals surface area contributed by atoms with Gasteiger partial charge in [0.1, 0.15) is 11.4 Å². The average molecular weight is 229 g/mol. The van der Waals surface area contributed by atoms with Gasteiger partial charge in [-0.2, -0.15) is 13.2 Å². The highest BCUT2D eigenvalue weighted by molar-refractivity contribution is 6.17. The molecule has 1 radical (unpaired) electrons. The molecule has 0 saturated carbocycles. The molecule has 0 aliphatic carbocycles. The highest BCUT2D eigenvalue weighted by Crippen LogP contribution is 2.28. The highest BCUT2D eigenvalue weighted by Gasteiger charge is 2.33. The average Bonchev–Trinajstić information content (AvgIpc) is 2.60. The summed E-state index contributed by atoms with van der Waals surface area (Å²) in [4.78, 5) is 3.39. The third-order valence-corrected chi connectivity index (χ3v) is 1.91. The van der Waals surface area contributed by atoms with Crippen LogP contribution in [0, 0.1) is 0 Å². The second-order valence-corrected chi connectivity index (χ2v) is 2.98. The fourth-order valence-electron chi connectivity index (χ4n) is 1.23. The Morgan fingerprint density at radius 1 is 1.44 bits per heavy atom. The van der Waals surface area contributed by atoms with Crippen LogP contribution in [-0.2, 0) is 6.18 Å². The summed E-state index contributed by atoms with van der Waals surface area (Å²) in [7, 11) is 0.444. The second-order valence-electron chi connectivity index (χ2n) is 2.98. The summed E-state index contributed by atoms with van der Waals surface area (Å²) in [5.74, 6) is 0.203. The molecule has 83 valence electrons. The first kappa shape index (κ1) is 10.8. The van der Waals surface area contributed by atoms with Gasteiger partial charge in [0.25, 0.3) is 0 Å². The molecule has 2 aromatic rings. The predicted molar refractivity (Wildman–Crippen MR) is 48.8 cm³/mol. The number of rotatable bonds is 2. The molecule has 2 heterocycles. The third-order valence-electron chi connectivity index (χ3n) is 1.91. The van der Waals surface area contributed by atoms with Crippen LogP contribution in [0.1, 0.15) is 5.69 Å². The normalized spacial score (nSPS) is 11.8. The Hall–Kier alpha value is -1.70. The van der Waals surface area contributed by atoms with Crippen molar-refractivity contribution in [3.05, 3.63) is 30.2 Å². The standard InChI is InChI=1S/C8H5BF3N2O2/c10-8(11,12)6-4-14-2-1-5(16-9-15)3-7(14)13-6/h1-4,15H. The fourth-order valence-corrected chi connectivity index (χ4v) is 1.23. The van der Waals surface area contributed by atoms with Crippen LogP contribution in [0.2, 0.25) is 0 Å². The van der Waals surface area contributed by atoms with E-state index in [1.54, 1.807) is 0 Å². The van der Waals surface area contributed by atoms with Crippen LogP contribution in [0.3, 0.4) is 0 Å². The van der Waals surface area contributed by atoms with Crippen LogP contribution in [0.15, 0.2) is 24.5 Å². The molecule has 0 spiro atoms. The van der Waals surface area contributed by atoms with Crippen molar-refractivity contribution in [1.29, 1.82) is 0 Å². The van der Waals surface area contributed by atoms with Crippen LogP contribution >= 0.6 is 0 Å². The first-order valence-corrected chi connectivity index (χ1v) is 4.19. The molecule has 0 fully saturated rings. The zero-order valence-electron chi connectivity index (χ0n) is 7.77. The van der Waals surface area contributed by atoms with E-state index in [4.69, 9.17) is 5.02 Å². The minimum Gasteiger partial charge on any atom is -0.537 e. The molecule has 16 heavy (non-hydrogen) atoms. The van der Waals surface area contributed by atoms with Gasteiger partial charge in [0.15, 0.2) is 5.69 Å². The first-order chi connectivity index (χ1) is 7.50. The van der Waals surface area contributed by atoms with E-state index < -0.39 is 11.9 Å². The van der Waals surface area contributed by atoms with Crippen molar-refractivity contribution in [2.24, 2.45) is 0 Å². The van der Waals surface area contributed by atoms with Gasteiger partial charge in [-0.15, -0.1) is 0 Å². The fraction of sp³-hybridized carbons (Fsp3) is 0.125. The van der Waals surface area contributed by atoms with Gasteiger partial charge < -0.3 is 14.1 Å². The molecule has 0 aromatic carbocycles. The van der Waals surface area contributed by atoms with Crippen LogP contribution in [-0.4, -0.2) is 22.1 Å². The van der Waals surface area contributed by atoms with Crippen LogP contribution < -0.4 is 4.65 Å². The molecule has 0 bridgehead atoms. The molecule has 0 aliphatic heterocycles. The summed E-state index contributed by atoms with van der Waals surface area (Å²) in [6.45, 7) is 0. The van der Waals surface area contributed by atoms with Crippen molar-refractivity contribution in [2.75, 3.05) is 0 Å². The van der Waals surface area contributed by atoms with E-state index in [0.29, 0.717) is 7.69 Å². The maximum absolute atomic E-state index is 12.3. The minimum absolute atomic E-state index is 0.0895. The van der Waals surface area contributed by atoms with E-state index in [1.807, 2.05) is 0 Å². The Labute approximate surface area is 88.6 Å². The Kier molecular flexibility index (Phi) is 2.51. The minimum atomic E-state index is -4.48. The number of hydrogen-bond acceptors (Lipinski definition) is 3. The van der Waals surface area contributed by atoms with Crippen LogP contribution in [0.25, 0.3) is 5.65 Å². The summed E-state index contributed by atoms with van der Waals surface area (Å²) in [6, 6.07) is 2.68. The Bertz CT molecular complexity index is 511.